The molecular weight excluding hydrogens is 482 g/mol. The zero-order chi connectivity index (χ0) is 27.8. The van der Waals surface area contributed by atoms with E-state index < -0.39 is 5.91 Å². The summed E-state index contributed by atoms with van der Waals surface area (Å²) in [6.07, 6.45) is 5.56. The molecule has 1 aromatic carbocycles. The largest absolute Gasteiger partial charge is 0.494 e. The van der Waals surface area contributed by atoms with E-state index in [4.69, 9.17) is 10.5 Å². The molecule has 1 unspecified atom stereocenters. The van der Waals surface area contributed by atoms with Crippen molar-refractivity contribution in [1.82, 2.24) is 15.5 Å². The molecular formula is C28H39N7O3. The third-order valence-corrected chi connectivity index (χ3v) is 6.46. The van der Waals surface area contributed by atoms with Crippen LogP contribution in [0, 0.1) is 17.8 Å². The number of aromatic nitrogens is 2. The first kappa shape index (κ1) is 28.6. The fraction of sp³-hybridized carbons (Fsp3) is 0.464. The molecule has 1 aromatic heterocycles. The molecule has 204 valence electrons. The Morgan fingerprint density at radius 3 is 2.55 bits per heavy atom. The van der Waals surface area contributed by atoms with Crippen LogP contribution in [-0.4, -0.2) is 48.9 Å². The van der Waals surface area contributed by atoms with Gasteiger partial charge in [-0.3, -0.25) is 14.6 Å². The predicted octanol–water partition coefficient (Wildman–Crippen LogP) is 4.27. The Labute approximate surface area is 224 Å². The van der Waals surface area contributed by atoms with E-state index in [0.717, 1.165) is 36.9 Å². The number of ether oxygens (including phenoxy) is 1. The van der Waals surface area contributed by atoms with Crippen LogP contribution in [0.3, 0.4) is 0 Å². The van der Waals surface area contributed by atoms with Crippen LogP contribution in [0.2, 0.25) is 0 Å². The third-order valence-electron chi connectivity index (χ3n) is 6.46. The standard InChI is InChI=1S/C28H39N7O3/c1-7-17(13-16(2)3)20(29)14-22(30-4)19-9-8-10-21(26(19)38-6)32-23-15-24(33-27(36)18-11-12-18)34-35-25(23)28(37)31-5/h8-10,14-18H,7,11-13,29H2,1-6H3,(H,31,37)(H2,32,33,34,36)/b20-14-,30-22?. The van der Waals surface area contributed by atoms with Crippen LogP contribution in [0.1, 0.15) is 62.5 Å². The lowest BCUT2D eigenvalue weighted by Crippen LogP contribution is -2.22. The minimum Gasteiger partial charge on any atom is -0.494 e. The highest BCUT2D eigenvalue weighted by Gasteiger charge is 2.30. The molecule has 38 heavy (non-hydrogen) atoms. The predicted molar refractivity (Wildman–Crippen MR) is 151 cm³/mol. The van der Waals surface area contributed by atoms with Gasteiger partial charge in [-0.05, 0) is 55.7 Å². The number of rotatable bonds is 12. The maximum Gasteiger partial charge on any atom is 0.273 e. The Morgan fingerprint density at radius 2 is 1.97 bits per heavy atom. The number of nitrogens with zero attached hydrogens (tertiary/aromatic N) is 3. The first-order chi connectivity index (χ1) is 18.2. The number of hydrogen-bond donors (Lipinski definition) is 4. The Morgan fingerprint density at radius 1 is 1.24 bits per heavy atom. The molecule has 2 amide bonds. The average Bonchev–Trinajstić information content (AvgIpc) is 3.75. The molecule has 3 rings (SSSR count). The van der Waals surface area contributed by atoms with Crippen LogP contribution in [0.5, 0.6) is 5.75 Å². The number of allylic oxidation sites excluding steroid dienone is 2. The maximum absolute atomic E-state index is 12.5. The van der Waals surface area contributed by atoms with Crippen molar-refractivity contribution in [3.05, 3.63) is 47.3 Å². The molecule has 0 radical (unpaired) electrons. The van der Waals surface area contributed by atoms with Crippen LogP contribution in [-0.2, 0) is 4.79 Å². The van der Waals surface area contributed by atoms with E-state index in [2.05, 4.69) is 51.9 Å². The number of amides is 2. The van der Waals surface area contributed by atoms with Gasteiger partial charge in [0.1, 0.15) is 0 Å². The van der Waals surface area contributed by atoms with Crippen molar-refractivity contribution in [2.24, 2.45) is 28.5 Å². The number of anilines is 3. The molecule has 1 atom stereocenters. The van der Waals surface area contributed by atoms with Crippen molar-refractivity contribution in [3.8, 4) is 5.75 Å². The van der Waals surface area contributed by atoms with E-state index in [0.29, 0.717) is 28.8 Å². The first-order valence-electron chi connectivity index (χ1n) is 13.0. The molecule has 1 heterocycles. The lowest BCUT2D eigenvalue weighted by atomic mass is 9.91. The minimum absolute atomic E-state index is 0.00342. The molecule has 2 aromatic rings. The quantitative estimate of drug-likeness (QED) is 0.305. The van der Waals surface area contributed by atoms with Crippen molar-refractivity contribution < 1.29 is 14.3 Å². The summed E-state index contributed by atoms with van der Waals surface area (Å²) in [5.74, 6) is 1.04. The number of carbonyl (C=O) groups is 2. The van der Waals surface area contributed by atoms with Gasteiger partial charge in [0.2, 0.25) is 5.91 Å². The van der Waals surface area contributed by atoms with E-state index in [1.54, 1.807) is 20.2 Å². The highest BCUT2D eigenvalue weighted by molar-refractivity contribution is 6.12. The van der Waals surface area contributed by atoms with Crippen LogP contribution >= 0.6 is 0 Å². The Hall–Kier alpha value is -3.95. The molecule has 5 N–H and O–H groups in total. The average molecular weight is 522 g/mol. The van der Waals surface area contributed by atoms with Crippen molar-refractivity contribution in [2.75, 3.05) is 31.8 Å². The summed E-state index contributed by atoms with van der Waals surface area (Å²) < 4.78 is 5.81. The topological polar surface area (TPSA) is 144 Å². The van der Waals surface area contributed by atoms with E-state index in [-0.39, 0.29) is 29.3 Å². The monoisotopic (exact) mass is 521 g/mol. The fourth-order valence-electron chi connectivity index (χ4n) is 4.26. The number of carbonyl (C=O) groups excluding carboxylic acids is 2. The van der Waals surface area contributed by atoms with Gasteiger partial charge in [0.25, 0.3) is 5.91 Å². The summed E-state index contributed by atoms with van der Waals surface area (Å²) in [5, 5.41) is 16.7. The lowest BCUT2D eigenvalue weighted by Gasteiger charge is -2.19. The minimum atomic E-state index is -0.419. The molecule has 0 spiro atoms. The van der Waals surface area contributed by atoms with Gasteiger partial charge in [-0.1, -0.05) is 26.8 Å². The van der Waals surface area contributed by atoms with Gasteiger partial charge in [-0.2, -0.15) is 0 Å². The lowest BCUT2D eigenvalue weighted by molar-refractivity contribution is -0.117. The molecule has 10 nitrogen and oxygen atoms in total. The number of para-hydroxylation sites is 1. The SMILES string of the molecule is CCC(CC(C)C)/C(N)=C/C(=NC)c1cccc(Nc2cc(NC(=O)C3CC3)nnc2C(=O)NC)c1OC. The summed E-state index contributed by atoms with van der Waals surface area (Å²) in [6, 6.07) is 7.19. The summed E-state index contributed by atoms with van der Waals surface area (Å²) >= 11 is 0. The van der Waals surface area contributed by atoms with E-state index in [1.807, 2.05) is 24.3 Å². The van der Waals surface area contributed by atoms with Crippen molar-refractivity contribution in [2.45, 2.75) is 46.5 Å². The van der Waals surface area contributed by atoms with Gasteiger partial charge in [-0.15, -0.1) is 10.2 Å². The number of hydrogen-bond acceptors (Lipinski definition) is 8. The Balaban J connectivity index is 1.99. The Kier molecular flexibility index (Phi) is 9.81. The van der Waals surface area contributed by atoms with Crippen molar-refractivity contribution in [1.29, 1.82) is 0 Å². The van der Waals surface area contributed by atoms with E-state index in [9.17, 15) is 9.59 Å². The molecule has 1 aliphatic carbocycles. The van der Waals surface area contributed by atoms with Gasteiger partial charge in [-0.25, -0.2) is 0 Å². The van der Waals surface area contributed by atoms with Crippen molar-refractivity contribution in [3.63, 3.8) is 0 Å². The fourth-order valence-corrected chi connectivity index (χ4v) is 4.26. The number of methoxy groups -OCH3 is 1. The van der Waals surface area contributed by atoms with Crippen molar-refractivity contribution >= 4 is 34.7 Å². The molecule has 1 aliphatic rings. The van der Waals surface area contributed by atoms with E-state index >= 15 is 0 Å². The molecule has 0 aliphatic heterocycles. The van der Waals surface area contributed by atoms with E-state index in [1.165, 1.54) is 7.05 Å². The molecule has 0 bridgehead atoms. The second kappa shape index (κ2) is 13.0. The van der Waals surface area contributed by atoms with Crippen LogP contribution in [0.4, 0.5) is 17.2 Å². The van der Waals surface area contributed by atoms with Crippen LogP contribution < -0.4 is 26.4 Å². The highest BCUT2D eigenvalue weighted by atomic mass is 16.5. The third kappa shape index (κ3) is 7.08. The Bertz CT molecular complexity index is 1220. The summed E-state index contributed by atoms with van der Waals surface area (Å²) in [4.78, 5) is 29.3. The number of benzene rings is 1. The summed E-state index contributed by atoms with van der Waals surface area (Å²) in [6.45, 7) is 6.51. The zero-order valence-corrected chi connectivity index (χ0v) is 23.1. The number of aliphatic imine (C=N–C) groups is 1. The van der Waals surface area contributed by atoms with Crippen LogP contribution in [0.25, 0.3) is 0 Å². The van der Waals surface area contributed by atoms with Gasteiger partial charge in [0, 0.05) is 37.3 Å². The highest BCUT2D eigenvalue weighted by Crippen LogP contribution is 2.34. The number of nitrogens with two attached hydrogens (primary N) is 1. The smallest absolute Gasteiger partial charge is 0.273 e. The molecule has 1 fully saturated rings. The molecule has 1 saturated carbocycles. The summed E-state index contributed by atoms with van der Waals surface area (Å²) in [5.41, 5.74) is 9.76. The van der Waals surface area contributed by atoms with Gasteiger partial charge in [0.15, 0.2) is 17.3 Å². The van der Waals surface area contributed by atoms with Gasteiger partial charge < -0.3 is 26.4 Å². The normalized spacial score (nSPS) is 14.7. The maximum atomic E-state index is 12.5. The molecule has 10 heteroatoms. The summed E-state index contributed by atoms with van der Waals surface area (Å²) in [7, 11) is 4.80. The molecule has 0 saturated heterocycles. The second-order valence-corrected chi connectivity index (χ2v) is 9.83. The first-order valence-corrected chi connectivity index (χ1v) is 13.0. The number of nitrogens with one attached hydrogen (secondary N) is 3. The second-order valence-electron chi connectivity index (χ2n) is 9.83. The zero-order valence-electron chi connectivity index (χ0n) is 23.1. The van der Waals surface area contributed by atoms with Gasteiger partial charge >= 0.3 is 0 Å². The van der Waals surface area contributed by atoms with Gasteiger partial charge in [0.05, 0.1) is 24.2 Å². The van der Waals surface area contributed by atoms with Crippen LogP contribution in [0.15, 0.2) is 41.0 Å².